The first-order valence-corrected chi connectivity index (χ1v) is 6.70. The summed E-state index contributed by atoms with van der Waals surface area (Å²) in [5, 5.41) is 9.40. The Morgan fingerprint density at radius 2 is 1.48 bits per heavy atom. The first kappa shape index (κ1) is 16.4. The van der Waals surface area contributed by atoms with Crippen LogP contribution >= 0.6 is 0 Å². The van der Waals surface area contributed by atoms with Crippen molar-refractivity contribution in [3.63, 3.8) is 0 Å². The van der Waals surface area contributed by atoms with Crippen LogP contribution in [0.15, 0.2) is 36.4 Å². The zero-order valence-electron chi connectivity index (χ0n) is 13.0. The molecule has 2 aromatic carbocycles. The topological polar surface area (TPSA) is 82.1 Å². The molecule has 0 fully saturated rings. The van der Waals surface area contributed by atoms with Gasteiger partial charge in [0.15, 0.2) is 5.78 Å². The van der Waals surface area contributed by atoms with Crippen LogP contribution in [0.3, 0.4) is 0 Å². The minimum Gasteiger partial charge on any atom is -0.497 e. The van der Waals surface area contributed by atoms with Crippen molar-refractivity contribution in [3.05, 3.63) is 53.1 Å². The molecule has 0 heterocycles. The highest BCUT2D eigenvalue weighted by molar-refractivity contribution is 6.16. The van der Waals surface area contributed by atoms with Gasteiger partial charge in [-0.2, -0.15) is 0 Å². The number of benzene rings is 2. The largest absolute Gasteiger partial charge is 0.497 e. The summed E-state index contributed by atoms with van der Waals surface area (Å²) in [6.45, 7) is 0. The number of aromatic carboxylic acids is 1. The Kier molecular flexibility index (Phi) is 4.85. The van der Waals surface area contributed by atoms with Gasteiger partial charge in [-0.1, -0.05) is 0 Å². The van der Waals surface area contributed by atoms with Crippen molar-refractivity contribution in [1.82, 2.24) is 0 Å². The molecule has 0 saturated heterocycles. The number of hydrogen-bond donors (Lipinski definition) is 1. The number of ketones is 1. The van der Waals surface area contributed by atoms with Crippen LogP contribution in [-0.2, 0) is 0 Å². The lowest BCUT2D eigenvalue weighted by Gasteiger charge is -2.13. The number of carbonyl (C=O) groups is 2. The van der Waals surface area contributed by atoms with Gasteiger partial charge in [0, 0.05) is 11.6 Å². The molecule has 23 heavy (non-hydrogen) atoms. The van der Waals surface area contributed by atoms with E-state index in [0.29, 0.717) is 17.1 Å². The number of carboxylic acid groups (broad SMARTS) is 1. The van der Waals surface area contributed by atoms with Gasteiger partial charge in [-0.3, -0.25) is 4.79 Å². The lowest BCUT2D eigenvalue weighted by atomic mass is 9.96. The van der Waals surface area contributed by atoms with Gasteiger partial charge in [-0.15, -0.1) is 0 Å². The molecule has 0 spiro atoms. The average Bonchev–Trinajstić information content (AvgIpc) is 2.59. The van der Waals surface area contributed by atoms with Crippen molar-refractivity contribution in [2.75, 3.05) is 21.3 Å². The summed E-state index contributed by atoms with van der Waals surface area (Å²) in [7, 11) is 4.29. The number of rotatable bonds is 6. The lowest BCUT2D eigenvalue weighted by Crippen LogP contribution is -2.12. The molecule has 0 radical (unpaired) electrons. The van der Waals surface area contributed by atoms with Crippen molar-refractivity contribution in [3.8, 4) is 17.2 Å². The molecule has 6 heteroatoms. The minimum atomic E-state index is -1.24. The predicted molar refractivity (Wildman–Crippen MR) is 82.9 cm³/mol. The Morgan fingerprint density at radius 1 is 0.870 bits per heavy atom. The highest BCUT2D eigenvalue weighted by atomic mass is 16.5. The number of carbonyl (C=O) groups excluding carboxylic acids is 1. The molecule has 0 saturated carbocycles. The molecule has 2 rings (SSSR count). The third-order valence-electron chi connectivity index (χ3n) is 3.34. The van der Waals surface area contributed by atoms with Crippen molar-refractivity contribution in [2.45, 2.75) is 0 Å². The van der Waals surface area contributed by atoms with Gasteiger partial charge in [0.2, 0.25) is 0 Å². The van der Waals surface area contributed by atoms with E-state index < -0.39 is 11.8 Å². The summed E-state index contributed by atoms with van der Waals surface area (Å²) in [5.41, 5.74) is 0.129. The fourth-order valence-corrected chi connectivity index (χ4v) is 2.16. The fourth-order valence-electron chi connectivity index (χ4n) is 2.16. The van der Waals surface area contributed by atoms with E-state index in [0.717, 1.165) is 0 Å². The van der Waals surface area contributed by atoms with Gasteiger partial charge in [0.05, 0.1) is 32.5 Å². The number of ether oxygens (including phenoxy) is 3. The van der Waals surface area contributed by atoms with Crippen molar-refractivity contribution in [2.24, 2.45) is 0 Å². The fraction of sp³-hybridized carbons (Fsp3) is 0.176. The maximum absolute atomic E-state index is 12.7. The van der Waals surface area contributed by atoms with Crippen molar-refractivity contribution < 1.29 is 28.9 Å². The molecule has 1 N–H and O–H groups in total. The summed E-state index contributed by atoms with van der Waals surface area (Å²) in [6.07, 6.45) is 0. The Hall–Kier alpha value is -3.02. The van der Waals surface area contributed by atoms with E-state index >= 15 is 0 Å². The third kappa shape index (κ3) is 3.26. The van der Waals surface area contributed by atoms with Crippen molar-refractivity contribution in [1.29, 1.82) is 0 Å². The van der Waals surface area contributed by atoms with Crippen LogP contribution in [-0.4, -0.2) is 38.2 Å². The quantitative estimate of drug-likeness (QED) is 0.825. The van der Waals surface area contributed by atoms with E-state index in [4.69, 9.17) is 14.2 Å². The summed E-state index contributed by atoms with van der Waals surface area (Å²) < 4.78 is 15.3. The van der Waals surface area contributed by atoms with Crippen LogP contribution in [0.1, 0.15) is 26.3 Å². The summed E-state index contributed by atoms with van der Waals surface area (Å²) in [4.78, 5) is 24.2. The molecule has 0 atom stereocenters. The molecule has 0 aromatic heterocycles. The molecule has 0 aliphatic carbocycles. The third-order valence-corrected chi connectivity index (χ3v) is 3.34. The Labute approximate surface area is 133 Å². The smallest absolute Gasteiger partial charge is 0.336 e. The first-order chi connectivity index (χ1) is 11.0. The van der Waals surface area contributed by atoms with E-state index in [1.807, 2.05) is 0 Å². The van der Waals surface area contributed by atoms with E-state index in [2.05, 4.69) is 0 Å². The summed E-state index contributed by atoms with van der Waals surface area (Å²) >= 11 is 0. The van der Waals surface area contributed by atoms with Gasteiger partial charge in [0.25, 0.3) is 0 Å². The molecule has 120 valence electrons. The van der Waals surface area contributed by atoms with Gasteiger partial charge in [-0.25, -0.2) is 4.79 Å². The SMILES string of the molecule is COc1ccc(C(=O)c2c(OC)cc(OC)cc2C(=O)O)cc1. The second-order valence-corrected chi connectivity index (χ2v) is 4.61. The Bertz CT molecular complexity index is 733. The highest BCUT2D eigenvalue weighted by Gasteiger charge is 2.24. The standard InChI is InChI=1S/C17H16O6/c1-21-11-6-4-10(5-7-11)16(18)15-13(17(19)20)8-12(22-2)9-14(15)23-3/h4-9H,1-3H3,(H,19,20). The molecule has 6 nitrogen and oxygen atoms in total. The Balaban J connectivity index is 2.59. The van der Waals surface area contributed by atoms with Crippen LogP contribution in [0.25, 0.3) is 0 Å². The lowest BCUT2D eigenvalue weighted by molar-refractivity contribution is 0.0691. The number of carboxylic acids is 1. The normalized spacial score (nSPS) is 10.0. The van der Waals surface area contributed by atoms with Crippen LogP contribution in [0.5, 0.6) is 17.2 Å². The molecule has 0 bridgehead atoms. The van der Waals surface area contributed by atoms with E-state index in [9.17, 15) is 14.7 Å². The maximum Gasteiger partial charge on any atom is 0.336 e. The number of methoxy groups -OCH3 is 3. The summed E-state index contributed by atoms with van der Waals surface area (Å²) in [6, 6.07) is 9.16. The zero-order chi connectivity index (χ0) is 17.0. The molecule has 2 aromatic rings. The van der Waals surface area contributed by atoms with Crippen LogP contribution in [0.4, 0.5) is 0 Å². The molecular formula is C17H16O6. The summed E-state index contributed by atoms with van der Waals surface area (Å²) in [5.74, 6) is -0.654. The zero-order valence-corrected chi connectivity index (χ0v) is 13.0. The monoisotopic (exact) mass is 316 g/mol. The first-order valence-electron chi connectivity index (χ1n) is 6.70. The van der Waals surface area contributed by atoms with Crippen LogP contribution < -0.4 is 14.2 Å². The van der Waals surface area contributed by atoms with Gasteiger partial charge in [0.1, 0.15) is 17.2 Å². The Morgan fingerprint density at radius 3 is 1.96 bits per heavy atom. The van der Waals surface area contributed by atoms with Gasteiger partial charge in [-0.05, 0) is 30.3 Å². The highest BCUT2D eigenvalue weighted by Crippen LogP contribution is 2.31. The van der Waals surface area contributed by atoms with Gasteiger partial charge < -0.3 is 19.3 Å². The van der Waals surface area contributed by atoms with E-state index in [1.165, 1.54) is 33.5 Å². The molecule has 0 amide bonds. The van der Waals surface area contributed by atoms with E-state index in [-0.39, 0.29) is 16.9 Å². The second kappa shape index (κ2) is 6.83. The molecule has 0 aliphatic heterocycles. The number of hydrogen-bond acceptors (Lipinski definition) is 5. The second-order valence-electron chi connectivity index (χ2n) is 4.61. The van der Waals surface area contributed by atoms with Crippen LogP contribution in [0, 0.1) is 0 Å². The van der Waals surface area contributed by atoms with Crippen LogP contribution in [0.2, 0.25) is 0 Å². The molecule has 0 unspecified atom stereocenters. The molecule has 0 aliphatic rings. The van der Waals surface area contributed by atoms with Crippen molar-refractivity contribution >= 4 is 11.8 Å². The molecular weight excluding hydrogens is 300 g/mol. The van der Waals surface area contributed by atoms with E-state index in [1.54, 1.807) is 24.3 Å². The predicted octanol–water partition coefficient (Wildman–Crippen LogP) is 2.64. The maximum atomic E-state index is 12.7. The van der Waals surface area contributed by atoms with Gasteiger partial charge >= 0.3 is 5.97 Å². The average molecular weight is 316 g/mol. The minimum absolute atomic E-state index is 0.0223.